The number of aliphatic hydroxyl groups is 1. The van der Waals surface area contributed by atoms with Crippen molar-refractivity contribution in [3.8, 4) is 0 Å². The maximum absolute atomic E-state index is 9.36. The van der Waals surface area contributed by atoms with E-state index in [1.165, 1.54) is 11.3 Å². The van der Waals surface area contributed by atoms with Crippen molar-refractivity contribution < 1.29 is 5.11 Å². The Hall–Kier alpha value is -1.02. The Morgan fingerprint density at radius 1 is 1.33 bits per heavy atom. The van der Waals surface area contributed by atoms with Gasteiger partial charge in [-0.1, -0.05) is 26.0 Å². The highest BCUT2D eigenvalue weighted by molar-refractivity contribution is 5.48. The number of nitrogens with zero attached hydrogens (tertiary/aromatic N) is 1. The van der Waals surface area contributed by atoms with E-state index in [4.69, 9.17) is 0 Å². The topological polar surface area (TPSA) is 23.5 Å². The first-order valence-corrected chi connectivity index (χ1v) is 5.46. The van der Waals surface area contributed by atoms with E-state index in [0.29, 0.717) is 5.92 Å². The minimum absolute atomic E-state index is 0.187. The van der Waals surface area contributed by atoms with Gasteiger partial charge in [0.1, 0.15) is 0 Å². The van der Waals surface area contributed by atoms with Gasteiger partial charge in [0.25, 0.3) is 0 Å². The monoisotopic (exact) mass is 207 g/mol. The maximum atomic E-state index is 9.36. The van der Waals surface area contributed by atoms with Gasteiger partial charge < -0.3 is 10.0 Å². The van der Waals surface area contributed by atoms with Crippen LogP contribution in [0, 0.1) is 12.8 Å². The number of aryl methyl sites for hydroxylation is 1. The van der Waals surface area contributed by atoms with Gasteiger partial charge in [0.05, 0.1) is 12.6 Å². The number of likely N-dealkylation sites (N-methyl/N-ethyl adjacent to an activating group) is 1. The lowest BCUT2D eigenvalue weighted by atomic mass is 10.0. The van der Waals surface area contributed by atoms with Crippen LogP contribution in [0.2, 0.25) is 0 Å². The minimum atomic E-state index is 0.187. The van der Waals surface area contributed by atoms with Crippen molar-refractivity contribution >= 4 is 5.69 Å². The second kappa shape index (κ2) is 5.17. The molecule has 0 bridgehead atoms. The first-order valence-electron chi connectivity index (χ1n) is 5.46. The highest BCUT2D eigenvalue weighted by Gasteiger charge is 2.17. The SMILES string of the molecule is Cc1cccc(N(C)C(CO)C(C)C)c1. The Morgan fingerprint density at radius 2 is 2.00 bits per heavy atom. The number of aliphatic hydroxyl groups excluding tert-OH is 1. The second-order valence-electron chi connectivity index (χ2n) is 4.44. The lowest BCUT2D eigenvalue weighted by molar-refractivity contribution is 0.234. The Balaban J connectivity index is 2.87. The van der Waals surface area contributed by atoms with Crippen LogP contribution >= 0.6 is 0 Å². The van der Waals surface area contributed by atoms with Crippen molar-refractivity contribution in [2.24, 2.45) is 5.92 Å². The molecule has 0 aromatic heterocycles. The molecule has 84 valence electrons. The molecular formula is C13H21NO. The van der Waals surface area contributed by atoms with Crippen molar-refractivity contribution in [1.82, 2.24) is 0 Å². The lowest BCUT2D eigenvalue weighted by Crippen LogP contribution is -2.38. The van der Waals surface area contributed by atoms with E-state index in [1.807, 2.05) is 7.05 Å². The summed E-state index contributed by atoms with van der Waals surface area (Å²) in [5, 5.41) is 9.36. The highest BCUT2D eigenvalue weighted by atomic mass is 16.3. The van der Waals surface area contributed by atoms with Crippen molar-refractivity contribution in [2.45, 2.75) is 26.8 Å². The van der Waals surface area contributed by atoms with Crippen LogP contribution in [0.15, 0.2) is 24.3 Å². The summed E-state index contributed by atoms with van der Waals surface area (Å²) in [6.45, 7) is 6.54. The summed E-state index contributed by atoms with van der Waals surface area (Å²) in [6.07, 6.45) is 0. The van der Waals surface area contributed by atoms with Crippen LogP contribution in [0.4, 0.5) is 5.69 Å². The third-order valence-corrected chi connectivity index (χ3v) is 2.86. The van der Waals surface area contributed by atoms with E-state index in [0.717, 1.165) is 0 Å². The average molecular weight is 207 g/mol. The molecule has 0 fully saturated rings. The van der Waals surface area contributed by atoms with E-state index in [-0.39, 0.29) is 12.6 Å². The molecule has 1 unspecified atom stereocenters. The number of anilines is 1. The largest absolute Gasteiger partial charge is 0.394 e. The molecule has 0 aliphatic rings. The third kappa shape index (κ3) is 2.96. The summed E-state index contributed by atoms with van der Waals surface area (Å²) in [4.78, 5) is 2.15. The Labute approximate surface area is 92.5 Å². The van der Waals surface area contributed by atoms with Crippen LogP contribution in [-0.2, 0) is 0 Å². The van der Waals surface area contributed by atoms with E-state index in [2.05, 4.69) is 49.9 Å². The van der Waals surface area contributed by atoms with Crippen molar-refractivity contribution in [3.63, 3.8) is 0 Å². The van der Waals surface area contributed by atoms with Crippen molar-refractivity contribution in [2.75, 3.05) is 18.6 Å². The fraction of sp³-hybridized carbons (Fsp3) is 0.538. The zero-order chi connectivity index (χ0) is 11.4. The zero-order valence-electron chi connectivity index (χ0n) is 10.1. The van der Waals surface area contributed by atoms with E-state index >= 15 is 0 Å². The summed E-state index contributed by atoms with van der Waals surface area (Å²) in [5.41, 5.74) is 2.42. The summed E-state index contributed by atoms with van der Waals surface area (Å²) >= 11 is 0. The number of rotatable bonds is 4. The Bertz CT molecular complexity index is 309. The first-order chi connectivity index (χ1) is 7.06. The first kappa shape index (κ1) is 12.1. The Morgan fingerprint density at radius 3 is 2.47 bits per heavy atom. The minimum Gasteiger partial charge on any atom is -0.394 e. The summed E-state index contributed by atoms with van der Waals surface area (Å²) in [5.74, 6) is 0.445. The molecule has 1 aromatic carbocycles. The van der Waals surface area contributed by atoms with Crippen molar-refractivity contribution in [3.05, 3.63) is 29.8 Å². The van der Waals surface area contributed by atoms with Crippen LogP contribution in [0.25, 0.3) is 0 Å². The smallest absolute Gasteiger partial charge is 0.0637 e. The van der Waals surface area contributed by atoms with Crippen LogP contribution in [0.3, 0.4) is 0 Å². The predicted molar refractivity (Wildman–Crippen MR) is 65.3 cm³/mol. The molecule has 1 rings (SSSR count). The molecular weight excluding hydrogens is 186 g/mol. The predicted octanol–water partition coefficient (Wildman–Crippen LogP) is 2.45. The van der Waals surface area contributed by atoms with E-state index in [9.17, 15) is 5.11 Å². The molecule has 0 amide bonds. The maximum Gasteiger partial charge on any atom is 0.0637 e. The summed E-state index contributed by atoms with van der Waals surface area (Å²) in [7, 11) is 2.04. The van der Waals surface area contributed by atoms with E-state index in [1.54, 1.807) is 0 Å². The molecule has 0 aliphatic carbocycles. The number of benzene rings is 1. The van der Waals surface area contributed by atoms with E-state index < -0.39 is 0 Å². The number of hydrogen-bond donors (Lipinski definition) is 1. The molecule has 0 radical (unpaired) electrons. The molecule has 0 spiro atoms. The van der Waals surface area contributed by atoms with Gasteiger partial charge in [-0.15, -0.1) is 0 Å². The molecule has 0 aliphatic heterocycles. The summed E-state index contributed by atoms with van der Waals surface area (Å²) in [6, 6.07) is 8.55. The quantitative estimate of drug-likeness (QED) is 0.819. The molecule has 0 saturated carbocycles. The fourth-order valence-electron chi connectivity index (χ4n) is 1.82. The number of hydrogen-bond acceptors (Lipinski definition) is 2. The normalized spacial score (nSPS) is 12.9. The van der Waals surface area contributed by atoms with Crippen LogP contribution in [0.1, 0.15) is 19.4 Å². The molecule has 0 heterocycles. The molecule has 1 aromatic rings. The van der Waals surface area contributed by atoms with Gasteiger partial charge in [0, 0.05) is 12.7 Å². The highest BCUT2D eigenvalue weighted by Crippen LogP contribution is 2.19. The molecule has 1 N–H and O–H groups in total. The van der Waals surface area contributed by atoms with Gasteiger partial charge in [0.2, 0.25) is 0 Å². The average Bonchev–Trinajstić information content (AvgIpc) is 2.18. The Kier molecular flexibility index (Phi) is 4.15. The van der Waals surface area contributed by atoms with Gasteiger partial charge in [-0.05, 0) is 30.5 Å². The second-order valence-corrected chi connectivity index (χ2v) is 4.44. The van der Waals surface area contributed by atoms with Gasteiger partial charge in [-0.2, -0.15) is 0 Å². The standard InChI is InChI=1S/C13H21NO/c1-10(2)13(9-15)14(4)12-7-5-6-11(3)8-12/h5-8,10,13,15H,9H2,1-4H3. The van der Waals surface area contributed by atoms with Gasteiger partial charge >= 0.3 is 0 Å². The fourth-order valence-corrected chi connectivity index (χ4v) is 1.82. The van der Waals surface area contributed by atoms with Crippen LogP contribution < -0.4 is 4.90 Å². The molecule has 1 atom stereocenters. The molecule has 2 nitrogen and oxygen atoms in total. The lowest BCUT2D eigenvalue weighted by Gasteiger charge is -2.31. The third-order valence-electron chi connectivity index (χ3n) is 2.86. The zero-order valence-corrected chi connectivity index (χ0v) is 10.1. The van der Waals surface area contributed by atoms with Crippen LogP contribution in [0.5, 0.6) is 0 Å². The van der Waals surface area contributed by atoms with Crippen molar-refractivity contribution in [1.29, 1.82) is 0 Å². The van der Waals surface area contributed by atoms with Crippen LogP contribution in [-0.4, -0.2) is 24.8 Å². The van der Waals surface area contributed by atoms with Gasteiger partial charge in [-0.3, -0.25) is 0 Å². The molecule has 2 heteroatoms. The molecule has 15 heavy (non-hydrogen) atoms. The van der Waals surface area contributed by atoms with Gasteiger partial charge in [-0.25, -0.2) is 0 Å². The molecule has 0 saturated heterocycles. The van der Waals surface area contributed by atoms with Gasteiger partial charge in [0.15, 0.2) is 0 Å². The summed E-state index contributed by atoms with van der Waals surface area (Å²) < 4.78 is 0.